The number of nitrogen functional groups attached to an aromatic ring is 1. The summed E-state index contributed by atoms with van der Waals surface area (Å²) < 4.78 is 1.53. The van der Waals surface area contributed by atoms with Gasteiger partial charge in [-0.25, -0.2) is 4.68 Å². The number of nitrogens with two attached hydrogens (primary N) is 1. The minimum Gasteiger partial charge on any atom is -0.397 e. The summed E-state index contributed by atoms with van der Waals surface area (Å²) in [5.41, 5.74) is 5.85. The van der Waals surface area contributed by atoms with Gasteiger partial charge in [-0.3, -0.25) is 4.79 Å². The molecule has 0 radical (unpaired) electrons. The molecule has 1 aromatic rings. The number of hydrogen-bond acceptors (Lipinski definition) is 3. The van der Waals surface area contributed by atoms with Crippen molar-refractivity contribution in [2.24, 2.45) is 5.92 Å². The Labute approximate surface area is 89.1 Å². The van der Waals surface area contributed by atoms with E-state index < -0.39 is 0 Å². The van der Waals surface area contributed by atoms with Gasteiger partial charge in [0.15, 0.2) is 0 Å². The van der Waals surface area contributed by atoms with Crippen molar-refractivity contribution in [2.75, 3.05) is 5.73 Å². The van der Waals surface area contributed by atoms with Crippen molar-refractivity contribution in [2.45, 2.75) is 38.6 Å². The highest BCUT2D eigenvalue weighted by Crippen LogP contribution is 2.24. The maximum absolute atomic E-state index is 11.5. The fraction of sp³-hybridized carbons (Fsp3) is 0.636. The van der Waals surface area contributed by atoms with Crippen LogP contribution in [0.5, 0.6) is 0 Å². The van der Waals surface area contributed by atoms with E-state index in [0.717, 1.165) is 6.54 Å². The average molecular weight is 207 g/mol. The van der Waals surface area contributed by atoms with Crippen molar-refractivity contribution in [1.82, 2.24) is 9.78 Å². The number of anilines is 1. The molecular weight excluding hydrogens is 190 g/mol. The third-order valence-electron chi connectivity index (χ3n) is 3.05. The monoisotopic (exact) mass is 207 g/mol. The largest absolute Gasteiger partial charge is 0.397 e. The van der Waals surface area contributed by atoms with Crippen molar-refractivity contribution in [3.63, 3.8) is 0 Å². The average Bonchev–Trinajstić information content (AvgIpc) is 2.24. The normalized spacial score (nSPS) is 17.9. The third kappa shape index (κ3) is 2.58. The second-order valence-corrected chi connectivity index (χ2v) is 4.31. The zero-order valence-corrected chi connectivity index (χ0v) is 8.85. The molecule has 1 heterocycles. The van der Waals surface area contributed by atoms with E-state index in [1.165, 1.54) is 42.9 Å². The zero-order chi connectivity index (χ0) is 10.7. The second-order valence-electron chi connectivity index (χ2n) is 4.31. The van der Waals surface area contributed by atoms with Crippen LogP contribution in [0.25, 0.3) is 0 Å². The Bertz CT molecular complexity index is 380. The Balaban J connectivity index is 2.06. The Kier molecular flexibility index (Phi) is 3.04. The van der Waals surface area contributed by atoms with Crippen molar-refractivity contribution in [3.05, 3.63) is 22.6 Å². The van der Waals surface area contributed by atoms with Gasteiger partial charge in [0, 0.05) is 12.6 Å². The first-order valence-electron chi connectivity index (χ1n) is 5.58. The lowest BCUT2D eigenvalue weighted by atomic mass is 9.89. The second kappa shape index (κ2) is 4.47. The minimum absolute atomic E-state index is 0.0828. The van der Waals surface area contributed by atoms with E-state index in [2.05, 4.69) is 5.10 Å². The summed E-state index contributed by atoms with van der Waals surface area (Å²) in [6, 6.07) is 1.44. The zero-order valence-electron chi connectivity index (χ0n) is 8.85. The van der Waals surface area contributed by atoms with Crippen LogP contribution in [0.2, 0.25) is 0 Å². The molecule has 1 aliphatic carbocycles. The summed E-state index contributed by atoms with van der Waals surface area (Å²) >= 11 is 0. The first kappa shape index (κ1) is 10.2. The van der Waals surface area contributed by atoms with Gasteiger partial charge in [-0.05, 0) is 18.8 Å². The van der Waals surface area contributed by atoms with Crippen molar-refractivity contribution in [3.8, 4) is 0 Å². The quantitative estimate of drug-likeness (QED) is 0.797. The predicted octanol–water partition coefficient (Wildman–Crippen LogP) is 1.41. The van der Waals surface area contributed by atoms with Crippen molar-refractivity contribution < 1.29 is 0 Å². The molecule has 2 rings (SSSR count). The van der Waals surface area contributed by atoms with Gasteiger partial charge in [-0.1, -0.05) is 19.3 Å². The number of hydrogen-bond donors (Lipinski definition) is 1. The molecule has 0 unspecified atom stereocenters. The highest BCUT2D eigenvalue weighted by molar-refractivity contribution is 5.31. The van der Waals surface area contributed by atoms with E-state index in [1.54, 1.807) is 6.20 Å². The molecule has 0 aromatic carbocycles. The smallest absolute Gasteiger partial charge is 0.268 e. The summed E-state index contributed by atoms with van der Waals surface area (Å²) in [5.74, 6) is 0.618. The van der Waals surface area contributed by atoms with Gasteiger partial charge >= 0.3 is 0 Å². The topological polar surface area (TPSA) is 60.9 Å². The van der Waals surface area contributed by atoms with Gasteiger partial charge in [-0.15, -0.1) is 0 Å². The van der Waals surface area contributed by atoms with Crippen molar-refractivity contribution >= 4 is 5.69 Å². The number of nitrogens with zero attached hydrogens (tertiary/aromatic N) is 2. The fourth-order valence-corrected chi connectivity index (χ4v) is 2.20. The molecule has 82 valence electrons. The fourth-order valence-electron chi connectivity index (χ4n) is 2.20. The Morgan fingerprint density at radius 3 is 2.80 bits per heavy atom. The molecule has 0 aliphatic heterocycles. The van der Waals surface area contributed by atoms with E-state index in [1.807, 2.05) is 0 Å². The molecule has 4 heteroatoms. The molecule has 1 aliphatic rings. The molecule has 0 atom stereocenters. The molecule has 1 aromatic heterocycles. The lowest BCUT2D eigenvalue weighted by Crippen LogP contribution is -2.27. The predicted molar refractivity (Wildman–Crippen MR) is 59.5 cm³/mol. The van der Waals surface area contributed by atoms with Gasteiger partial charge in [0.1, 0.15) is 0 Å². The SMILES string of the molecule is Nc1cnn(CC2CCCCC2)c(=O)c1. The summed E-state index contributed by atoms with van der Waals surface area (Å²) in [7, 11) is 0. The first-order chi connectivity index (χ1) is 7.25. The highest BCUT2D eigenvalue weighted by atomic mass is 16.1. The lowest BCUT2D eigenvalue weighted by molar-refractivity contribution is 0.303. The van der Waals surface area contributed by atoms with Crippen LogP contribution in [0.4, 0.5) is 5.69 Å². The Morgan fingerprint density at radius 2 is 2.13 bits per heavy atom. The number of rotatable bonds is 2. The minimum atomic E-state index is -0.0828. The maximum Gasteiger partial charge on any atom is 0.268 e. The third-order valence-corrected chi connectivity index (χ3v) is 3.05. The Morgan fingerprint density at radius 1 is 1.40 bits per heavy atom. The molecule has 4 nitrogen and oxygen atoms in total. The van der Waals surface area contributed by atoms with Crippen LogP contribution in [-0.2, 0) is 6.54 Å². The van der Waals surface area contributed by atoms with Crippen LogP contribution in [0.15, 0.2) is 17.1 Å². The summed E-state index contributed by atoms with van der Waals surface area (Å²) in [5, 5.41) is 4.05. The summed E-state index contributed by atoms with van der Waals surface area (Å²) in [6.07, 6.45) is 7.89. The molecule has 15 heavy (non-hydrogen) atoms. The molecule has 2 N–H and O–H groups in total. The van der Waals surface area contributed by atoms with E-state index in [9.17, 15) is 4.79 Å². The first-order valence-corrected chi connectivity index (χ1v) is 5.58. The van der Waals surface area contributed by atoms with E-state index in [0.29, 0.717) is 11.6 Å². The van der Waals surface area contributed by atoms with E-state index >= 15 is 0 Å². The summed E-state index contributed by atoms with van der Waals surface area (Å²) in [6.45, 7) is 0.749. The lowest BCUT2D eigenvalue weighted by Gasteiger charge is -2.21. The summed E-state index contributed by atoms with van der Waals surface area (Å²) in [4.78, 5) is 11.5. The molecule has 0 amide bonds. The van der Waals surface area contributed by atoms with Crippen LogP contribution in [-0.4, -0.2) is 9.78 Å². The molecular formula is C11H17N3O. The van der Waals surface area contributed by atoms with Crippen LogP contribution < -0.4 is 11.3 Å². The van der Waals surface area contributed by atoms with E-state index in [-0.39, 0.29) is 5.56 Å². The van der Waals surface area contributed by atoms with Crippen LogP contribution >= 0.6 is 0 Å². The Hall–Kier alpha value is -1.32. The van der Waals surface area contributed by atoms with E-state index in [4.69, 9.17) is 5.73 Å². The molecule has 1 saturated carbocycles. The molecule has 1 fully saturated rings. The molecule has 0 saturated heterocycles. The van der Waals surface area contributed by atoms with Crippen LogP contribution in [0, 0.1) is 5.92 Å². The highest BCUT2D eigenvalue weighted by Gasteiger charge is 2.14. The van der Waals surface area contributed by atoms with Gasteiger partial charge < -0.3 is 5.73 Å². The molecule has 0 bridgehead atoms. The van der Waals surface area contributed by atoms with Gasteiger partial charge in [-0.2, -0.15) is 5.10 Å². The van der Waals surface area contributed by atoms with Crippen LogP contribution in [0.3, 0.4) is 0 Å². The number of aromatic nitrogens is 2. The van der Waals surface area contributed by atoms with Crippen molar-refractivity contribution in [1.29, 1.82) is 0 Å². The maximum atomic E-state index is 11.5. The van der Waals surface area contributed by atoms with Gasteiger partial charge in [0.2, 0.25) is 0 Å². The van der Waals surface area contributed by atoms with Gasteiger partial charge in [0.25, 0.3) is 5.56 Å². The molecule has 0 spiro atoms. The van der Waals surface area contributed by atoms with Gasteiger partial charge in [0.05, 0.1) is 11.9 Å². The van der Waals surface area contributed by atoms with Crippen LogP contribution in [0.1, 0.15) is 32.1 Å². The standard InChI is InChI=1S/C11H17N3O/c12-10-6-11(15)14(13-7-10)8-9-4-2-1-3-5-9/h6-7,9H,1-5,8,12H2.